The van der Waals surface area contributed by atoms with Crippen LogP contribution in [0.1, 0.15) is 6.23 Å². The van der Waals surface area contributed by atoms with Crippen LogP contribution in [0.15, 0.2) is 27.0 Å². The number of phosphoric acid groups is 2. The predicted octanol–water partition coefficient (Wildman–Crippen LogP) is -1.68. The van der Waals surface area contributed by atoms with Crippen LogP contribution >= 0.6 is 24.2 Å². The van der Waals surface area contributed by atoms with E-state index in [1.54, 1.807) is 0 Å². The Morgan fingerprint density at radius 2 is 1.97 bits per heavy atom. The Balaban J connectivity index is 1.96. The first-order valence-electron chi connectivity index (χ1n) is 7.38. The lowest BCUT2D eigenvalue weighted by atomic mass is 10.1. The lowest BCUT2D eigenvalue weighted by Crippen LogP contribution is -2.37. The molecule has 1 fully saturated rings. The molecule has 1 aliphatic rings. The van der Waals surface area contributed by atoms with Gasteiger partial charge in [0.2, 0.25) is 0 Å². The van der Waals surface area contributed by atoms with Crippen molar-refractivity contribution < 1.29 is 56.7 Å². The van der Waals surface area contributed by atoms with Crippen LogP contribution in [-0.2, 0) is 32.1 Å². The maximum atomic E-state index is 11.8. The van der Waals surface area contributed by atoms with Crippen LogP contribution in [0.25, 0.3) is 0 Å². The molecule has 0 spiro atoms. The van der Waals surface area contributed by atoms with E-state index in [1.807, 2.05) is 4.98 Å². The van der Waals surface area contributed by atoms with E-state index in [-0.39, 0.29) is 0 Å². The average molecular weight is 497 g/mol. The molecule has 6 N–H and O–H groups in total. The number of aliphatic hydroxyl groups is 1. The molecule has 1 saturated heterocycles. The number of hydrogen-bond acceptors (Lipinski definition) is 13. The topological polar surface area (TPSA) is 266 Å². The first-order chi connectivity index (χ1) is 13.8. The number of nitrogens with zero attached hydrogens (tertiary/aromatic N) is 2. The minimum Gasteiger partial charge on any atom is -0.386 e. The van der Waals surface area contributed by atoms with Crippen LogP contribution in [0.4, 0.5) is 0 Å². The Labute approximate surface area is 165 Å². The van der Waals surface area contributed by atoms with Crippen molar-refractivity contribution in [2.24, 2.45) is 5.18 Å². The van der Waals surface area contributed by atoms with Gasteiger partial charge in [-0.05, 0) is 0 Å². The highest BCUT2D eigenvalue weighted by Crippen LogP contribution is 2.59. The molecule has 0 amide bonds. The minimum absolute atomic E-state index is 0.720. The van der Waals surface area contributed by atoms with E-state index in [0.717, 1.165) is 16.8 Å². The van der Waals surface area contributed by atoms with Gasteiger partial charge in [-0.15, -0.1) is 9.35 Å². The van der Waals surface area contributed by atoms with Crippen LogP contribution in [-0.4, -0.2) is 59.1 Å². The molecule has 6 atom stereocenters. The van der Waals surface area contributed by atoms with Gasteiger partial charge in [-0.1, -0.05) is 5.18 Å². The molecule has 1 aromatic heterocycles. The van der Waals surface area contributed by atoms with Crippen LogP contribution < -0.4 is 11.2 Å². The quantitative estimate of drug-likeness (QED) is 0.0912. The van der Waals surface area contributed by atoms with Crippen molar-refractivity contribution in [3.05, 3.63) is 38.0 Å². The summed E-state index contributed by atoms with van der Waals surface area (Å²) in [7, 11) is -14.0. The Bertz CT molecular complexity index is 958. The summed E-state index contributed by atoms with van der Waals surface area (Å²) in [6, 6.07) is -0.546. The van der Waals surface area contributed by atoms with Crippen molar-refractivity contribution >= 4 is 24.2 Å². The minimum atomic E-state index is -5.42. The van der Waals surface area contributed by atoms with Gasteiger partial charge in [0.25, 0.3) is 5.56 Å². The molecule has 1 aliphatic heterocycles. The van der Waals surface area contributed by atoms with Crippen molar-refractivity contribution in [2.75, 3.05) is 6.61 Å². The van der Waals surface area contributed by atoms with Crippen molar-refractivity contribution in [2.45, 2.75) is 24.5 Å². The van der Waals surface area contributed by atoms with Crippen LogP contribution in [0.3, 0.4) is 0 Å². The Morgan fingerprint density at radius 3 is 2.53 bits per heavy atom. The number of hydrogen-bond donors (Lipinski definition) is 6. The molecule has 6 unspecified atom stereocenters. The van der Waals surface area contributed by atoms with E-state index in [1.165, 1.54) is 0 Å². The second-order valence-corrected chi connectivity index (χ2v) is 9.00. The third kappa shape index (κ3) is 6.90. The average Bonchev–Trinajstić information content (AvgIpc) is 2.92. The number of aliphatic hydroxyl groups excluding tert-OH is 1. The van der Waals surface area contributed by atoms with Gasteiger partial charge in [-0.25, -0.2) is 13.9 Å². The smallest absolute Gasteiger partial charge is 0.386 e. The second kappa shape index (κ2) is 9.93. The summed E-state index contributed by atoms with van der Waals surface area (Å²) in [4.78, 5) is 71.1. The summed E-state index contributed by atoms with van der Waals surface area (Å²) in [5.74, 6) is 0. The summed E-state index contributed by atoms with van der Waals surface area (Å²) in [6.07, 6.45) is -3.47. The summed E-state index contributed by atoms with van der Waals surface area (Å²) in [5.41, 5.74) is -1.68. The van der Waals surface area contributed by atoms with E-state index in [0.29, 0.717) is 0 Å². The SMILES string of the molecule is O=NC1C(COP(O)OOP(=O)(O)OP(=O)(O)O)OC(n2ccc(=O)[nH]c2=O)C1O. The van der Waals surface area contributed by atoms with Gasteiger partial charge < -0.3 is 33.9 Å². The molecule has 21 heteroatoms. The first kappa shape index (κ1) is 25.0. The Kier molecular flexibility index (Phi) is 8.29. The zero-order valence-corrected chi connectivity index (χ0v) is 16.9. The molecule has 1 aromatic rings. The number of nitroso groups, excluding NO2 is 1. The van der Waals surface area contributed by atoms with Crippen LogP contribution in [0.2, 0.25) is 0 Å². The van der Waals surface area contributed by atoms with Gasteiger partial charge >= 0.3 is 29.9 Å². The first-order valence-corrected chi connectivity index (χ1v) is 11.5. The molecule has 0 aromatic carbocycles. The molecule has 2 heterocycles. The normalized spacial score (nSPS) is 27.5. The summed E-state index contributed by atoms with van der Waals surface area (Å²) in [5, 5.41) is 12.8. The molecule has 2 rings (SSSR count). The highest BCUT2D eigenvalue weighted by molar-refractivity contribution is 7.60. The van der Waals surface area contributed by atoms with Crippen LogP contribution in [0.5, 0.6) is 0 Å². The monoisotopic (exact) mass is 497 g/mol. The number of nitrogens with one attached hydrogen (secondary N) is 1. The standard InChI is InChI=1S/C9H14N3O15P3/c13-5-1-2-12(9(15)10-5)8-7(14)6(11-16)4(24-8)3-23-28(17)25-26-30(21,22)27-29(18,19)20/h1-2,4,6-8,14,17H,3H2,(H,21,22)(H,10,13,15)(H2,18,19,20). The van der Waals surface area contributed by atoms with Gasteiger partial charge in [-0.3, -0.25) is 14.3 Å². The van der Waals surface area contributed by atoms with E-state index < -0.39 is 66.6 Å². The molecule has 30 heavy (non-hydrogen) atoms. The zero-order valence-electron chi connectivity index (χ0n) is 14.2. The maximum Gasteiger partial charge on any atom is 0.508 e. The number of rotatable bonds is 10. The van der Waals surface area contributed by atoms with Crippen molar-refractivity contribution in [1.29, 1.82) is 0 Å². The number of H-pyrrole nitrogens is 1. The summed E-state index contributed by atoms with van der Waals surface area (Å²) in [6.45, 7) is -0.720. The lowest BCUT2D eigenvalue weighted by Gasteiger charge is -2.17. The predicted molar refractivity (Wildman–Crippen MR) is 91.0 cm³/mol. The number of aromatic nitrogens is 2. The molecule has 0 aliphatic carbocycles. The van der Waals surface area contributed by atoms with Gasteiger partial charge in [0, 0.05) is 12.3 Å². The molecule has 0 bridgehead atoms. The Morgan fingerprint density at radius 1 is 1.30 bits per heavy atom. The van der Waals surface area contributed by atoms with Gasteiger partial charge in [0.15, 0.2) is 12.3 Å². The van der Waals surface area contributed by atoms with Gasteiger partial charge in [-0.2, -0.15) is 9.22 Å². The highest BCUT2D eigenvalue weighted by atomic mass is 31.3. The lowest BCUT2D eigenvalue weighted by molar-refractivity contribution is -0.136. The third-order valence-electron chi connectivity index (χ3n) is 3.33. The maximum absolute atomic E-state index is 11.8. The third-order valence-corrected chi connectivity index (χ3v) is 5.96. The van der Waals surface area contributed by atoms with E-state index in [2.05, 4.69) is 23.4 Å². The molecule has 0 saturated carbocycles. The van der Waals surface area contributed by atoms with E-state index in [9.17, 15) is 33.6 Å². The molecule has 170 valence electrons. The molecule has 18 nitrogen and oxygen atoms in total. The number of ether oxygens (including phenoxy) is 1. The fourth-order valence-electron chi connectivity index (χ4n) is 2.23. The van der Waals surface area contributed by atoms with Crippen molar-refractivity contribution in [3.8, 4) is 0 Å². The Hall–Kier alpha value is -1.23. The van der Waals surface area contributed by atoms with Crippen molar-refractivity contribution in [3.63, 3.8) is 0 Å². The van der Waals surface area contributed by atoms with E-state index in [4.69, 9.17) is 19.4 Å². The summed E-state index contributed by atoms with van der Waals surface area (Å²) < 4.78 is 43.4. The zero-order chi connectivity index (χ0) is 22.7. The molecule has 0 radical (unpaired) electrons. The largest absolute Gasteiger partial charge is 0.508 e. The van der Waals surface area contributed by atoms with Gasteiger partial charge in [0.05, 0.1) is 6.61 Å². The fourth-order valence-corrected chi connectivity index (χ4v) is 4.30. The summed E-state index contributed by atoms with van der Waals surface area (Å²) >= 11 is 0. The molecular formula is C9H14N3O15P3. The fraction of sp³-hybridized carbons (Fsp3) is 0.556. The van der Waals surface area contributed by atoms with E-state index >= 15 is 0 Å². The van der Waals surface area contributed by atoms with Crippen molar-refractivity contribution in [1.82, 2.24) is 9.55 Å². The second-order valence-electron chi connectivity index (χ2n) is 5.39. The highest BCUT2D eigenvalue weighted by Gasteiger charge is 2.47. The van der Waals surface area contributed by atoms with Crippen LogP contribution in [0, 0.1) is 4.91 Å². The molecular weight excluding hydrogens is 483 g/mol. The van der Waals surface area contributed by atoms with Gasteiger partial charge in [0.1, 0.15) is 12.2 Å². The number of aromatic amines is 1.